The summed E-state index contributed by atoms with van der Waals surface area (Å²) in [4.78, 5) is 27.1. The Kier molecular flexibility index (Phi) is 7.36. The summed E-state index contributed by atoms with van der Waals surface area (Å²) in [5, 5.41) is 5.23. The predicted octanol–water partition coefficient (Wildman–Crippen LogP) is 4.33. The third-order valence-electron chi connectivity index (χ3n) is 4.17. The van der Waals surface area contributed by atoms with Crippen LogP contribution in [0.5, 0.6) is 0 Å². The second-order valence-corrected chi connectivity index (χ2v) is 6.84. The summed E-state index contributed by atoms with van der Waals surface area (Å²) in [5.74, 6) is -0.629. The zero-order valence-corrected chi connectivity index (χ0v) is 16.6. The number of esters is 1. The van der Waals surface area contributed by atoms with Gasteiger partial charge in [-0.05, 0) is 55.6 Å². The Morgan fingerprint density at radius 1 is 1.19 bits per heavy atom. The Morgan fingerprint density at radius 2 is 1.92 bits per heavy atom. The number of carbonyl (C=O) groups is 2. The number of nitrogens with one attached hydrogen (secondary N) is 1. The van der Waals surface area contributed by atoms with E-state index in [0.717, 1.165) is 30.8 Å². The molecule has 1 aromatic heterocycles. The molecule has 0 radical (unpaired) electrons. The van der Waals surface area contributed by atoms with Gasteiger partial charge in [0.05, 0.1) is 12.2 Å². The normalized spacial score (nSPS) is 10.8. The second kappa shape index (κ2) is 9.50. The van der Waals surface area contributed by atoms with E-state index in [-0.39, 0.29) is 5.91 Å². The van der Waals surface area contributed by atoms with E-state index in [2.05, 4.69) is 24.1 Å². The van der Waals surface area contributed by atoms with Gasteiger partial charge in [0.1, 0.15) is 5.00 Å². The van der Waals surface area contributed by atoms with Crippen molar-refractivity contribution < 1.29 is 14.3 Å². The number of carbonyl (C=O) groups excluding carboxylic acids is 2. The second-order valence-electron chi connectivity index (χ2n) is 5.96. The molecule has 0 bridgehead atoms. The molecule has 1 aromatic carbocycles. The molecule has 0 spiro atoms. The average molecular weight is 375 g/mol. The van der Waals surface area contributed by atoms with Gasteiger partial charge in [0.2, 0.25) is 0 Å². The third kappa shape index (κ3) is 4.93. The first kappa shape index (κ1) is 20.1. The number of anilines is 1. The van der Waals surface area contributed by atoms with Gasteiger partial charge in [-0.2, -0.15) is 0 Å². The summed E-state index contributed by atoms with van der Waals surface area (Å²) in [6.45, 7) is 10.9. The van der Waals surface area contributed by atoms with Crippen LogP contribution in [0, 0.1) is 6.92 Å². The summed E-state index contributed by atoms with van der Waals surface area (Å²) in [6, 6.07) is 7.60. The molecule has 0 atom stereocenters. The molecule has 1 N–H and O–H groups in total. The van der Waals surface area contributed by atoms with Gasteiger partial charge in [0.25, 0.3) is 5.91 Å². The van der Waals surface area contributed by atoms with E-state index in [0.29, 0.717) is 22.7 Å². The molecule has 0 aliphatic heterocycles. The number of amides is 1. The van der Waals surface area contributed by atoms with E-state index >= 15 is 0 Å². The lowest BCUT2D eigenvalue weighted by Gasteiger charge is -2.18. The molecule has 2 aromatic rings. The first-order chi connectivity index (χ1) is 12.5. The Morgan fingerprint density at radius 3 is 2.58 bits per heavy atom. The van der Waals surface area contributed by atoms with Crippen LogP contribution >= 0.6 is 11.3 Å². The maximum absolute atomic E-state index is 12.7. The van der Waals surface area contributed by atoms with E-state index in [1.807, 2.05) is 30.5 Å². The highest BCUT2D eigenvalue weighted by Crippen LogP contribution is 2.29. The maximum Gasteiger partial charge on any atom is 0.341 e. The van der Waals surface area contributed by atoms with Crippen molar-refractivity contribution in [3.05, 3.63) is 51.9 Å². The fourth-order valence-electron chi connectivity index (χ4n) is 2.68. The standard InChI is InChI=1S/C20H26N2O3S/c1-5-22(6-2)12-15-9-8-10-16(11-15)18(23)21-19-17(14(4)13-26-19)20(24)25-7-3/h8-11,13H,5-7,12H2,1-4H3,(H,21,23). The average Bonchev–Trinajstić information content (AvgIpc) is 3.00. The summed E-state index contributed by atoms with van der Waals surface area (Å²) in [7, 11) is 0. The van der Waals surface area contributed by atoms with Crippen LogP contribution in [0.25, 0.3) is 0 Å². The van der Waals surface area contributed by atoms with Gasteiger partial charge in [-0.15, -0.1) is 11.3 Å². The molecule has 2 rings (SSSR count). The number of rotatable bonds is 8. The topological polar surface area (TPSA) is 58.6 Å². The van der Waals surface area contributed by atoms with Gasteiger partial charge in [0, 0.05) is 12.1 Å². The number of ether oxygens (including phenoxy) is 1. The SMILES string of the molecule is CCOC(=O)c1c(C)csc1NC(=O)c1cccc(CN(CC)CC)c1. The first-order valence-electron chi connectivity index (χ1n) is 8.87. The zero-order chi connectivity index (χ0) is 19.1. The molecule has 0 aliphatic rings. The number of benzene rings is 1. The summed E-state index contributed by atoms with van der Waals surface area (Å²) in [6.07, 6.45) is 0. The fourth-order valence-corrected chi connectivity index (χ4v) is 3.61. The first-order valence-corrected chi connectivity index (χ1v) is 9.75. The predicted molar refractivity (Wildman–Crippen MR) is 106 cm³/mol. The van der Waals surface area contributed by atoms with E-state index in [1.54, 1.807) is 13.0 Å². The summed E-state index contributed by atoms with van der Waals surface area (Å²) in [5.41, 5.74) is 2.91. The van der Waals surface area contributed by atoms with Gasteiger partial charge >= 0.3 is 5.97 Å². The van der Waals surface area contributed by atoms with Gasteiger partial charge in [-0.1, -0.05) is 26.0 Å². The molecule has 5 nitrogen and oxygen atoms in total. The lowest BCUT2D eigenvalue weighted by Crippen LogP contribution is -2.22. The number of hydrogen-bond donors (Lipinski definition) is 1. The molecule has 0 unspecified atom stereocenters. The molecular formula is C20H26N2O3S. The minimum absolute atomic E-state index is 0.223. The van der Waals surface area contributed by atoms with E-state index in [4.69, 9.17) is 4.74 Å². The summed E-state index contributed by atoms with van der Waals surface area (Å²) < 4.78 is 5.09. The Balaban J connectivity index is 2.17. The lowest BCUT2D eigenvalue weighted by atomic mass is 10.1. The van der Waals surface area contributed by atoms with Crippen molar-refractivity contribution in [1.29, 1.82) is 0 Å². The zero-order valence-electron chi connectivity index (χ0n) is 15.8. The van der Waals surface area contributed by atoms with Crippen LogP contribution in [-0.4, -0.2) is 36.5 Å². The van der Waals surface area contributed by atoms with Crippen molar-refractivity contribution in [2.24, 2.45) is 0 Å². The highest BCUT2D eigenvalue weighted by Gasteiger charge is 2.20. The van der Waals surface area contributed by atoms with E-state index < -0.39 is 5.97 Å². The van der Waals surface area contributed by atoms with Crippen LogP contribution in [-0.2, 0) is 11.3 Å². The molecule has 0 aliphatic carbocycles. The van der Waals surface area contributed by atoms with Crippen LogP contribution in [0.4, 0.5) is 5.00 Å². The van der Waals surface area contributed by atoms with E-state index in [9.17, 15) is 9.59 Å². The minimum atomic E-state index is -0.406. The molecule has 0 saturated carbocycles. The van der Waals surface area contributed by atoms with Crippen molar-refractivity contribution in [3.63, 3.8) is 0 Å². The number of hydrogen-bond acceptors (Lipinski definition) is 5. The van der Waals surface area contributed by atoms with Gasteiger partial charge in [-0.25, -0.2) is 4.79 Å². The van der Waals surface area contributed by atoms with Gasteiger partial charge in [0.15, 0.2) is 0 Å². The van der Waals surface area contributed by atoms with E-state index in [1.165, 1.54) is 11.3 Å². The van der Waals surface area contributed by atoms with Crippen LogP contribution < -0.4 is 5.32 Å². The Hall–Kier alpha value is -2.18. The van der Waals surface area contributed by atoms with Crippen molar-refractivity contribution in [1.82, 2.24) is 4.90 Å². The Bertz CT molecular complexity index is 766. The molecule has 140 valence electrons. The van der Waals surface area contributed by atoms with Crippen molar-refractivity contribution in [2.75, 3.05) is 25.0 Å². The largest absolute Gasteiger partial charge is 0.462 e. The molecule has 1 heterocycles. The lowest BCUT2D eigenvalue weighted by molar-refractivity contribution is 0.0527. The number of nitrogens with zero attached hydrogens (tertiary/aromatic N) is 1. The van der Waals surface area contributed by atoms with Crippen molar-refractivity contribution in [3.8, 4) is 0 Å². The van der Waals surface area contributed by atoms with Gasteiger partial charge in [-0.3, -0.25) is 9.69 Å². The van der Waals surface area contributed by atoms with Gasteiger partial charge < -0.3 is 10.1 Å². The highest BCUT2D eigenvalue weighted by molar-refractivity contribution is 7.15. The quantitative estimate of drug-likeness (QED) is 0.699. The van der Waals surface area contributed by atoms with Crippen LogP contribution in [0.15, 0.2) is 29.6 Å². The third-order valence-corrected chi connectivity index (χ3v) is 5.18. The molecule has 0 fully saturated rings. The van der Waals surface area contributed by atoms with Crippen LogP contribution in [0.2, 0.25) is 0 Å². The monoisotopic (exact) mass is 374 g/mol. The smallest absolute Gasteiger partial charge is 0.341 e. The minimum Gasteiger partial charge on any atom is -0.462 e. The fraction of sp³-hybridized carbons (Fsp3) is 0.400. The Labute approximate surface area is 159 Å². The highest BCUT2D eigenvalue weighted by atomic mass is 32.1. The molecule has 1 amide bonds. The molecule has 0 saturated heterocycles. The van der Waals surface area contributed by atoms with Crippen molar-refractivity contribution >= 4 is 28.2 Å². The summed E-state index contributed by atoms with van der Waals surface area (Å²) >= 11 is 1.33. The molecule has 6 heteroatoms. The maximum atomic E-state index is 12.7. The van der Waals surface area contributed by atoms with Crippen LogP contribution in [0.3, 0.4) is 0 Å². The molecule has 26 heavy (non-hydrogen) atoms. The number of aryl methyl sites for hydroxylation is 1. The number of thiophene rings is 1. The van der Waals surface area contributed by atoms with Crippen molar-refractivity contribution in [2.45, 2.75) is 34.2 Å². The molecular weight excluding hydrogens is 348 g/mol. The van der Waals surface area contributed by atoms with Crippen LogP contribution in [0.1, 0.15) is 52.6 Å².